The summed E-state index contributed by atoms with van der Waals surface area (Å²) >= 11 is 0. The van der Waals surface area contributed by atoms with Crippen LogP contribution in [0.15, 0.2) is 63.9 Å². The highest BCUT2D eigenvalue weighted by Gasteiger charge is 2.42. The SMILES string of the molecule is NC(=O)[C@@H]1[C@H](C2CCCCC2)CCN1c1ccc2oc(C(=O)NS(=O)(=O)c3ccccc3)cc2c1. The van der Waals surface area contributed by atoms with E-state index in [4.69, 9.17) is 10.2 Å². The number of benzene rings is 2. The number of carbonyl (C=O) groups is 2. The number of nitrogens with one attached hydrogen (secondary N) is 1. The second-order valence-electron chi connectivity index (χ2n) is 9.47. The van der Waals surface area contributed by atoms with E-state index in [0.717, 1.165) is 31.5 Å². The molecule has 2 atom stereocenters. The first-order valence-electron chi connectivity index (χ1n) is 12.1. The van der Waals surface area contributed by atoms with Gasteiger partial charge in [0, 0.05) is 17.6 Å². The summed E-state index contributed by atoms with van der Waals surface area (Å²) in [6.07, 6.45) is 6.89. The predicted molar refractivity (Wildman–Crippen MR) is 132 cm³/mol. The lowest BCUT2D eigenvalue weighted by Gasteiger charge is -2.33. The van der Waals surface area contributed by atoms with Gasteiger partial charge >= 0.3 is 5.91 Å². The lowest BCUT2D eigenvalue weighted by molar-refractivity contribution is -0.120. The van der Waals surface area contributed by atoms with Crippen LogP contribution in [0.3, 0.4) is 0 Å². The van der Waals surface area contributed by atoms with E-state index in [9.17, 15) is 18.0 Å². The number of rotatable bonds is 6. The number of furan rings is 1. The van der Waals surface area contributed by atoms with Gasteiger partial charge in [-0.3, -0.25) is 9.59 Å². The Bertz CT molecular complexity index is 1350. The Morgan fingerprint density at radius 3 is 2.43 bits per heavy atom. The van der Waals surface area contributed by atoms with Crippen molar-refractivity contribution >= 4 is 38.5 Å². The van der Waals surface area contributed by atoms with E-state index >= 15 is 0 Å². The number of hydrogen-bond donors (Lipinski definition) is 2. The van der Waals surface area contributed by atoms with Crippen molar-refractivity contribution in [1.29, 1.82) is 0 Å². The van der Waals surface area contributed by atoms with Gasteiger partial charge in [-0.1, -0.05) is 50.3 Å². The minimum atomic E-state index is -4.02. The highest BCUT2D eigenvalue weighted by Crippen LogP contribution is 2.41. The fourth-order valence-electron chi connectivity index (χ4n) is 5.68. The van der Waals surface area contributed by atoms with Crippen molar-refractivity contribution in [3.8, 4) is 0 Å². The third kappa shape index (κ3) is 4.65. The molecule has 0 unspecified atom stereocenters. The topological polar surface area (TPSA) is 123 Å². The van der Waals surface area contributed by atoms with Gasteiger partial charge in [0.2, 0.25) is 5.91 Å². The summed E-state index contributed by atoms with van der Waals surface area (Å²) in [5.74, 6) is -0.496. The molecule has 9 heteroatoms. The molecule has 0 radical (unpaired) electrons. The van der Waals surface area contributed by atoms with E-state index in [1.807, 2.05) is 12.1 Å². The lowest BCUT2D eigenvalue weighted by Crippen LogP contribution is -2.45. The first-order valence-corrected chi connectivity index (χ1v) is 13.5. The molecule has 3 aromatic rings. The summed E-state index contributed by atoms with van der Waals surface area (Å²) in [6.45, 7) is 0.737. The fourth-order valence-corrected chi connectivity index (χ4v) is 6.66. The van der Waals surface area contributed by atoms with Gasteiger partial charge in [0.1, 0.15) is 11.6 Å². The van der Waals surface area contributed by atoms with Gasteiger partial charge in [-0.25, -0.2) is 13.1 Å². The van der Waals surface area contributed by atoms with Crippen LogP contribution in [0.4, 0.5) is 5.69 Å². The Morgan fingerprint density at radius 1 is 0.971 bits per heavy atom. The second kappa shape index (κ2) is 9.37. The van der Waals surface area contributed by atoms with E-state index < -0.39 is 15.9 Å². The zero-order valence-corrected chi connectivity index (χ0v) is 20.2. The lowest BCUT2D eigenvalue weighted by atomic mass is 9.76. The molecule has 2 heterocycles. The van der Waals surface area contributed by atoms with Gasteiger partial charge < -0.3 is 15.1 Å². The van der Waals surface area contributed by atoms with Crippen LogP contribution in [-0.2, 0) is 14.8 Å². The van der Waals surface area contributed by atoms with Crippen molar-refractivity contribution in [2.45, 2.75) is 49.5 Å². The quantitative estimate of drug-likeness (QED) is 0.536. The smallest absolute Gasteiger partial charge is 0.300 e. The van der Waals surface area contributed by atoms with Gasteiger partial charge in [-0.2, -0.15) is 0 Å². The number of nitrogens with two attached hydrogens (primary N) is 1. The molecule has 1 saturated carbocycles. The zero-order valence-electron chi connectivity index (χ0n) is 19.4. The van der Waals surface area contributed by atoms with Crippen LogP contribution in [0.1, 0.15) is 49.1 Å². The number of sulfonamides is 1. The summed E-state index contributed by atoms with van der Waals surface area (Å²) in [7, 11) is -4.02. The number of hydrogen-bond acceptors (Lipinski definition) is 6. The second-order valence-corrected chi connectivity index (χ2v) is 11.2. The van der Waals surface area contributed by atoms with Gasteiger partial charge in [0.05, 0.1) is 4.90 Å². The maximum absolute atomic E-state index is 12.6. The number of carbonyl (C=O) groups excluding carboxylic acids is 2. The molecular weight excluding hydrogens is 466 g/mol. The van der Waals surface area contributed by atoms with E-state index in [1.54, 1.807) is 24.3 Å². The minimum absolute atomic E-state index is 0.00852. The Labute approximate surface area is 204 Å². The molecule has 2 aromatic carbocycles. The van der Waals surface area contributed by atoms with Crippen LogP contribution in [0.2, 0.25) is 0 Å². The van der Waals surface area contributed by atoms with Crippen molar-refractivity contribution < 1.29 is 22.4 Å². The molecular formula is C26H29N3O5S. The Balaban J connectivity index is 1.37. The number of fused-ring (bicyclic) bond motifs is 1. The summed E-state index contributed by atoms with van der Waals surface area (Å²) in [6, 6.07) is 14.3. The molecule has 1 saturated heterocycles. The standard InChI is InChI=1S/C26H29N3O5S/c27-25(30)24-21(17-7-3-1-4-8-17)13-14-29(24)19-11-12-22-18(15-19)16-23(34-22)26(31)28-35(32,33)20-9-5-2-6-10-20/h2,5-6,9-12,15-17,21,24H,1,3-4,7-8,13-14H2,(H2,27,30)(H,28,31)/t21-,24-/m0/s1. The van der Waals surface area contributed by atoms with E-state index in [1.165, 1.54) is 37.5 Å². The molecule has 1 aliphatic carbocycles. The highest BCUT2D eigenvalue weighted by atomic mass is 32.2. The molecule has 184 valence electrons. The third-order valence-electron chi connectivity index (χ3n) is 7.33. The van der Waals surface area contributed by atoms with Crippen LogP contribution >= 0.6 is 0 Å². The first-order chi connectivity index (χ1) is 16.8. The van der Waals surface area contributed by atoms with E-state index in [-0.39, 0.29) is 28.5 Å². The van der Waals surface area contributed by atoms with Crippen molar-refractivity contribution in [2.75, 3.05) is 11.4 Å². The molecule has 2 amide bonds. The summed E-state index contributed by atoms with van der Waals surface area (Å²) < 4.78 is 32.7. The normalized spacial score (nSPS) is 21.3. The molecule has 1 aromatic heterocycles. The summed E-state index contributed by atoms with van der Waals surface area (Å²) in [5, 5.41) is 0.647. The molecule has 1 aliphatic heterocycles. The largest absolute Gasteiger partial charge is 0.451 e. The monoisotopic (exact) mass is 495 g/mol. The highest BCUT2D eigenvalue weighted by molar-refractivity contribution is 7.90. The van der Waals surface area contributed by atoms with Gasteiger partial charge in [-0.05, 0) is 54.7 Å². The average molecular weight is 496 g/mol. The first kappa shape index (κ1) is 23.4. The molecule has 2 aliphatic rings. The van der Waals surface area contributed by atoms with Crippen molar-refractivity contribution in [3.05, 3.63) is 60.4 Å². The Morgan fingerprint density at radius 2 is 1.71 bits per heavy atom. The van der Waals surface area contributed by atoms with E-state index in [2.05, 4.69) is 9.62 Å². The molecule has 0 spiro atoms. The molecule has 5 rings (SSSR count). The molecule has 35 heavy (non-hydrogen) atoms. The number of nitrogens with zero attached hydrogens (tertiary/aromatic N) is 1. The number of primary amides is 1. The van der Waals surface area contributed by atoms with Crippen molar-refractivity contribution in [1.82, 2.24) is 4.72 Å². The fraction of sp³-hybridized carbons (Fsp3) is 0.385. The number of amides is 2. The van der Waals surface area contributed by atoms with E-state index in [0.29, 0.717) is 16.9 Å². The summed E-state index contributed by atoms with van der Waals surface area (Å²) in [5.41, 5.74) is 7.17. The third-order valence-corrected chi connectivity index (χ3v) is 8.67. The summed E-state index contributed by atoms with van der Waals surface area (Å²) in [4.78, 5) is 27.2. The Kier molecular flexibility index (Phi) is 6.27. The van der Waals surface area contributed by atoms with Crippen molar-refractivity contribution in [3.63, 3.8) is 0 Å². The van der Waals surface area contributed by atoms with Crippen LogP contribution in [0, 0.1) is 11.8 Å². The maximum Gasteiger partial charge on any atom is 0.300 e. The molecule has 8 nitrogen and oxygen atoms in total. The van der Waals surface area contributed by atoms with Gasteiger partial charge in [0.15, 0.2) is 5.76 Å². The van der Waals surface area contributed by atoms with Crippen LogP contribution in [0.5, 0.6) is 0 Å². The number of anilines is 1. The van der Waals surface area contributed by atoms with Crippen LogP contribution < -0.4 is 15.4 Å². The average Bonchev–Trinajstić information content (AvgIpc) is 3.49. The van der Waals surface area contributed by atoms with Crippen LogP contribution in [-0.4, -0.2) is 32.8 Å². The molecule has 3 N–H and O–H groups in total. The zero-order chi connectivity index (χ0) is 24.6. The van der Waals surface area contributed by atoms with Gasteiger partial charge in [0.25, 0.3) is 10.0 Å². The molecule has 2 fully saturated rings. The van der Waals surface area contributed by atoms with Gasteiger partial charge in [-0.15, -0.1) is 0 Å². The van der Waals surface area contributed by atoms with Crippen LogP contribution in [0.25, 0.3) is 11.0 Å². The maximum atomic E-state index is 12.6. The Hall–Kier alpha value is -3.33. The molecule has 0 bridgehead atoms. The minimum Gasteiger partial charge on any atom is -0.451 e. The predicted octanol–water partition coefficient (Wildman–Crippen LogP) is 3.81. The van der Waals surface area contributed by atoms with Crippen molar-refractivity contribution in [2.24, 2.45) is 17.6 Å².